The molecule has 1 atom stereocenters. The van der Waals surface area contributed by atoms with Crippen molar-refractivity contribution in [3.8, 4) is 0 Å². The molecule has 17 heavy (non-hydrogen) atoms. The number of carbonyl (C=O) groups excluding carboxylic acids is 1. The number of carbonyl (C=O) groups is 2. The van der Waals surface area contributed by atoms with Crippen molar-refractivity contribution in [1.82, 2.24) is 10.3 Å². The number of hydrogen-bond acceptors (Lipinski definition) is 5. The summed E-state index contributed by atoms with van der Waals surface area (Å²) in [5.41, 5.74) is 0.291. The van der Waals surface area contributed by atoms with Crippen molar-refractivity contribution in [3.05, 3.63) is 16.1 Å². The average Bonchev–Trinajstić information content (AvgIpc) is 2.74. The number of methoxy groups -OCH3 is 1. The molecule has 0 spiro atoms. The van der Waals surface area contributed by atoms with Gasteiger partial charge >= 0.3 is 5.97 Å². The van der Waals surface area contributed by atoms with E-state index >= 15 is 0 Å². The summed E-state index contributed by atoms with van der Waals surface area (Å²) in [6, 6.07) is 0. The van der Waals surface area contributed by atoms with E-state index in [0.29, 0.717) is 17.3 Å². The Labute approximate surface area is 103 Å². The molecule has 1 aromatic heterocycles. The van der Waals surface area contributed by atoms with Gasteiger partial charge in [-0.25, -0.2) is 4.98 Å². The molecule has 0 radical (unpaired) electrons. The quantitative estimate of drug-likeness (QED) is 0.785. The van der Waals surface area contributed by atoms with Crippen LogP contribution in [0, 0.1) is 5.92 Å². The minimum absolute atomic E-state index is 0.0886. The SMILES string of the molecule is COCc1nc(C(=O)NCC(C)C(=O)O)cs1. The molecule has 6 nitrogen and oxygen atoms in total. The maximum Gasteiger partial charge on any atom is 0.308 e. The lowest BCUT2D eigenvalue weighted by molar-refractivity contribution is -0.140. The fraction of sp³-hybridized carbons (Fsp3) is 0.500. The molecule has 1 heterocycles. The number of aliphatic carboxylic acids is 1. The van der Waals surface area contributed by atoms with Gasteiger partial charge in [0.05, 0.1) is 12.5 Å². The molecule has 94 valence electrons. The van der Waals surface area contributed by atoms with Gasteiger partial charge in [-0.2, -0.15) is 0 Å². The van der Waals surface area contributed by atoms with Gasteiger partial charge < -0.3 is 15.2 Å². The highest BCUT2D eigenvalue weighted by Crippen LogP contribution is 2.10. The zero-order valence-corrected chi connectivity index (χ0v) is 10.4. The highest BCUT2D eigenvalue weighted by Gasteiger charge is 2.15. The van der Waals surface area contributed by atoms with E-state index in [1.807, 2.05) is 0 Å². The van der Waals surface area contributed by atoms with Gasteiger partial charge in [-0.15, -0.1) is 11.3 Å². The molecule has 1 amide bonds. The number of amides is 1. The highest BCUT2D eigenvalue weighted by atomic mass is 32.1. The fourth-order valence-electron chi connectivity index (χ4n) is 1.03. The number of carboxylic acid groups (broad SMARTS) is 1. The Morgan fingerprint density at radius 1 is 1.65 bits per heavy atom. The number of hydrogen-bond donors (Lipinski definition) is 2. The number of aromatic nitrogens is 1. The Morgan fingerprint density at radius 3 is 2.94 bits per heavy atom. The first kappa shape index (κ1) is 13.6. The highest BCUT2D eigenvalue weighted by molar-refractivity contribution is 7.09. The van der Waals surface area contributed by atoms with Crippen LogP contribution >= 0.6 is 11.3 Å². The van der Waals surface area contributed by atoms with Gasteiger partial charge in [-0.05, 0) is 0 Å². The molecule has 1 rings (SSSR count). The van der Waals surface area contributed by atoms with Crippen molar-refractivity contribution in [1.29, 1.82) is 0 Å². The second-order valence-corrected chi connectivity index (χ2v) is 4.45. The summed E-state index contributed by atoms with van der Waals surface area (Å²) in [4.78, 5) is 26.2. The average molecular weight is 258 g/mol. The normalized spacial score (nSPS) is 12.1. The maximum absolute atomic E-state index is 11.6. The predicted molar refractivity (Wildman–Crippen MR) is 62.0 cm³/mol. The van der Waals surface area contributed by atoms with Crippen LogP contribution in [0.4, 0.5) is 0 Å². The van der Waals surface area contributed by atoms with Crippen molar-refractivity contribution >= 4 is 23.2 Å². The monoisotopic (exact) mass is 258 g/mol. The summed E-state index contributed by atoms with van der Waals surface area (Å²) < 4.78 is 4.89. The molecule has 7 heteroatoms. The fourth-order valence-corrected chi connectivity index (χ4v) is 1.77. The van der Waals surface area contributed by atoms with Gasteiger partial charge in [-0.3, -0.25) is 9.59 Å². The van der Waals surface area contributed by atoms with Gasteiger partial charge in [0.2, 0.25) is 0 Å². The minimum Gasteiger partial charge on any atom is -0.481 e. The molecular weight excluding hydrogens is 244 g/mol. The maximum atomic E-state index is 11.6. The van der Waals surface area contributed by atoms with E-state index < -0.39 is 11.9 Å². The van der Waals surface area contributed by atoms with Gasteiger partial charge in [0.15, 0.2) is 0 Å². The van der Waals surface area contributed by atoms with E-state index in [-0.39, 0.29) is 12.5 Å². The van der Waals surface area contributed by atoms with Gasteiger partial charge in [0.25, 0.3) is 5.91 Å². The third-order valence-electron chi connectivity index (χ3n) is 2.04. The molecule has 0 fully saturated rings. The lowest BCUT2D eigenvalue weighted by Crippen LogP contribution is -2.31. The summed E-state index contributed by atoms with van der Waals surface area (Å²) in [5.74, 6) is -1.92. The van der Waals surface area contributed by atoms with Crippen molar-refractivity contribution in [2.24, 2.45) is 5.92 Å². The zero-order chi connectivity index (χ0) is 12.8. The van der Waals surface area contributed by atoms with Crippen molar-refractivity contribution in [2.45, 2.75) is 13.5 Å². The van der Waals surface area contributed by atoms with Crippen molar-refractivity contribution < 1.29 is 19.4 Å². The van der Waals surface area contributed by atoms with Gasteiger partial charge in [0.1, 0.15) is 10.7 Å². The molecule has 0 saturated carbocycles. The third-order valence-corrected chi connectivity index (χ3v) is 2.86. The topological polar surface area (TPSA) is 88.5 Å². The van der Waals surface area contributed by atoms with Crippen molar-refractivity contribution in [2.75, 3.05) is 13.7 Å². The van der Waals surface area contributed by atoms with Crippen LogP contribution in [0.15, 0.2) is 5.38 Å². The van der Waals surface area contributed by atoms with Crippen LogP contribution < -0.4 is 5.32 Å². The number of carboxylic acids is 1. The third kappa shape index (κ3) is 4.12. The number of nitrogens with zero attached hydrogens (tertiary/aromatic N) is 1. The van der Waals surface area contributed by atoms with E-state index in [0.717, 1.165) is 0 Å². The smallest absolute Gasteiger partial charge is 0.308 e. The minimum atomic E-state index is -0.941. The van der Waals surface area contributed by atoms with Crippen LogP contribution in [-0.4, -0.2) is 35.6 Å². The molecule has 0 aliphatic carbocycles. The van der Waals surface area contributed by atoms with Crippen LogP contribution in [0.25, 0.3) is 0 Å². The summed E-state index contributed by atoms with van der Waals surface area (Å²) in [7, 11) is 1.55. The van der Waals surface area contributed by atoms with Crippen LogP contribution in [-0.2, 0) is 16.1 Å². The number of ether oxygens (including phenoxy) is 1. The standard InChI is InChI=1S/C10H14N2O4S/c1-6(10(14)15)3-11-9(13)7-5-17-8(12-7)4-16-2/h5-6H,3-4H2,1-2H3,(H,11,13)(H,14,15). The molecule has 0 aromatic carbocycles. The number of rotatable bonds is 6. The number of thiazole rings is 1. The largest absolute Gasteiger partial charge is 0.481 e. The Morgan fingerprint density at radius 2 is 2.35 bits per heavy atom. The molecule has 0 aliphatic heterocycles. The second kappa shape index (κ2) is 6.31. The molecular formula is C10H14N2O4S. The molecule has 0 bridgehead atoms. The van der Waals surface area contributed by atoms with Crippen molar-refractivity contribution in [3.63, 3.8) is 0 Å². The lowest BCUT2D eigenvalue weighted by Gasteiger charge is -2.06. The Kier molecular flexibility index (Phi) is 5.05. The van der Waals surface area contributed by atoms with E-state index in [1.165, 1.54) is 18.3 Å². The molecule has 0 aliphatic rings. The number of nitrogens with one attached hydrogen (secondary N) is 1. The van der Waals surface area contributed by atoms with Gasteiger partial charge in [0, 0.05) is 19.0 Å². The first-order valence-corrected chi connectivity index (χ1v) is 5.87. The first-order valence-electron chi connectivity index (χ1n) is 4.99. The summed E-state index contributed by atoms with van der Waals surface area (Å²) in [6.07, 6.45) is 0. The summed E-state index contributed by atoms with van der Waals surface area (Å²) >= 11 is 1.33. The lowest BCUT2D eigenvalue weighted by atomic mass is 10.2. The Balaban J connectivity index is 2.49. The van der Waals surface area contributed by atoms with Gasteiger partial charge in [-0.1, -0.05) is 6.92 Å². The van der Waals surface area contributed by atoms with Crippen LogP contribution in [0.5, 0.6) is 0 Å². The second-order valence-electron chi connectivity index (χ2n) is 3.51. The molecule has 1 aromatic rings. The summed E-state index contributed by atoms with van der Waals surface area (Å²) in [6.45, 7) is 1.98. The Bertz CT molecular complexity index is 405. The molecule has 0 saturated heterocycles. The molecule has 2 N–H and O–H groups in total. The van der Waals surface area contributed by atoms with E-state index in [1.54, 1.807) is 12.5 Å². The zero-order valence-electron chi connectivity index (χ0n) is 9.60. The van der Waals surface area contributed by atoms with E-state index in [9.17, 15) is 9.59 Å². The Hall–Kier alpha value is -1.47. The van der Waals surface area contributed by atoms with E-state index in [4.69, 9.17) is 9.84 Å². The van der Waals surface area contributed by atoms with Crippen LogP contribution in [0.2, 0.25) is 0 Å². The first-order chi connectivity index (χ1) is 8.04. The molecule has 1 unspecified atom stereocenters. The van der Waals surface area contributed by atoms with E-state index in [2.05, 4.69) is 10.3 Å². The van der Waals surface area contributed by atoms with Crippen LogP contribution in [0.1, 0.15) is 22.4 Å². The predicted octanol–water partition coefficient (Wildman–Crippen LogP) is 0.740. The summed E-state index contributed by atoms with van der Waals surface area (Å²) in [5, 5.41) is 13.5. The van der Waals surface area contributed by atoms with Crippen LogP contribution in [0.3, 0.4) is 0 Å².